The molecule has 8 nitrogen and oxygen atoms in total. The van der Waals surface area contributed by atoms with Crippen LogP contribution in [0.15, 0.2) is 30.3 Å². The van der Waals surface area contributed by atoms with E-state index in [1.165, 1.54) is 4.90 Å². The molecule has 1 aromatic rings. The first-order valence-corrected chi connectivity index (χ1v) is 9.31. The van der Waals surface area contributed by atoms with Gasteiger partial charge >= 0.3 is 18.2 Å². The predicted molar refractivity (Wildman–Crippen MR) is 101 cm³/mol. The van der Waals surface area contributed by atoms with Crippen LogP contribution in [-0.2, 0) is 25.6 Å². The Kier molecular flexibility index (Phi) is 7.25. The van der Waals surface area contributed by atoms with E-state index < -0.39 is 35.7 Å². The highest BCUT2D eigenvalue weighted by atomic mass is 16.6. The van der Waals surface area contributed by atoms with Crippen LogP contribution in [0, 0.1) is 5.92 Å². The van der Waals surface area contributed by atoms with Gasteiger partial charge < -0.3 is 24.4 Å². The predicted octanol–water partition coefficient (Wildman–Crippen LogP) is 2.71. The van der Waals surface area contributed by atoms with Crippen molar-refractivity contribution in [3.63, 3.8) is 0 Å². The normalized spacial score (nSPS) is 19.1. The zero-order valence-corrected chi connectivity index (χ0v) is 16.8. The molecule has 0 saturated carbocycles. The third-order valence-corrected chi connectivity index (χ3v) is 4.07. The summed E-state index contributed by atoms with van der Waals surface area (Å²) < 4.78 is 15.7. The Morgan fingerprint density at radius 1 is 1.11 bits per heavy atom. The first-order chi connectivity index (χ1) is 13.2. The summed E-state index contributed by atoms with van der Waals surface area (Å²) in [6.45, 7) is 7.53. The number of likely N-dealkylation sites (tertiary alicyclic amines) is 1. The Bertz CT molecular complexity index is 686. The largest absolute Gasteiger partial charge is 0.466 e. The molecule has 0 bridgehead atoms. The molecule has 0 spiro atoms. The van der Waals surface area contributed by atoms with Crippen molar-refractivity contribution >= 4 is 18.2 Å². The topological polar surface area (TPSA) is 94.2 Å². The van der Waals surface area contributed by atoms with E-state index in [1.807, 2.05) is 30.3 Å². The number of benzene rings is 1. The molecule has 0 aromatic heterocycles. The van der Waals surface area contributed by atoms with E-state index in [2.05, 4.69) is 5.32 Å². The Balaban J connectivity index is 1.99. The van der Waals surface area contributed by atoms with Gasteiger partial charge in [-0.25, -0.2) is 9.59 Å². The average molecular weight is 392 g/mol. The van der Waals surface area contributed by atoms with Crippen molar-refractivity contribution in [2.45, 2.75) is 45.9 Å². The van der Waals surface area contributed by atoms with Crippen LogP contribution in [0.5, 0.6) is 0 Å². The number of alkyl carbamates (subject to hydrolysis) is 1. The molecule has 1 N–H and O–H groups in total. The van der Waals surface area contributed by atoms with Gasteiger partial charge in [0.25, 0.3) is 0 Å². The maximum absolute atomic E-state index is 12.4. The molecule has 0 unspecified atom stereocenters. The smallest absolute Gasteiger partial charge is 0.410 e. The summed E-state index contributed by atoms with van der Waals surface area (Å²) in [6, 6.07) is 8.69. The van der Waals surface area contributed by atoms with Crippen molar-refractivity contribution < 1.29 is 28.6 Å². The Morgan fingerprint density at radius 2 is 1.79 bits per heavy atom. The number of nitrogens with one attached hydrogen (secondary N) is 1. The standard InChI is InChI=1S/C20H28N2O6/c1-5-26-17(23)15-11-22(12-16(15)21-18(24)28-20(2,3)4)19(25)27-13-14-9-7-6-8-10-14/h6-10,15-16H,5,11-13H2,1-4H3,(H,21,24)/t15-,16-/m0/s1. The van der Waals surface area contributed by atoms with Crippen LogP contribution >= 0.6 is 0 Å². The Morgan fingerprint density at radius 3 is 2.39 bits per heavy atom. The van der Waals surface area contributed by atoms with Crippen molar-refractivity contribution in [1.82, 2.24) is 10.2 Å². The molecule has 0 radical (unpaired) electrons. The third kappa shape index (κ3) is 6.44. The minimum absolute atomic E-state index is 0.104. The van der Waals surface area contributed by atoms with Crippen LogP contribution in [0.4, 0.5) is 9.59 Å². The fourth-order valence-electron chi connectivity index (χ4n) is 2.86. The number of amides is 2. The van der Waals surface area contributed by atoms with Gasteiger partial charge in [-0.1, -0.05) is 30.3 Å². The van der Waals surface area contributed by atoms with Crippen LogP contribution in [0.3, 0.4) is 0 Å². The Labute approximate surface area is 165 Å². The molecule has 1 aliphatic rings. The Hall–Kier alpha value is -2.77. The van der Waals surface area contributed by atoms with Crippen molar-refractivity contribution in [2.24, 2.45) is 5.92 Å². The molecule has 1 aliphatic heterocycles. The molecule has 1 aromatic carbocycles. The van der Waals surface area contributed by atoms with E-state index >= 15 is 0 Å². The molecule has 2 atom stereocenters. The maximum atomic E-state index is 12.4. The minimum Gasteiger partial charge on any atom is -0.466 e. The van der Waals surface area contributed by atoms with Gasteiger partial charge in [0, 0.05) is 13.1 Å². The molecular formula is C20H28N2O6. The van der Waals surface area contributed by atoms with E-state index in [0.29, 0.717) is 0 Å². The highest BCUT2D eigenvalue weighted by Gasteiger charge is 2.42. The number of carbonyl (C=O) groups excluding carboxylic acids is 3. The second kappa shape index (κ2) is 9.43. The van der Waals surface area contributed by atoms with Crippen molar-refractivity contribution in [3.8, 4) is 0 Å². The average Bonchev–Trinajstić information content (AvgIpc) is 3.03. The SMILES string of the molecule is CCOC(=O)[C@H]1CN(C(=O)OCc2ccccc2)C[C@@H]1NC(=O)OC(C)(C)C. The summed E-state index contributed by atoms with van der Waals surface area (Å²) in [6.07, 6.45) is -1.20. The maximum Gasteiger partial charge on any atom is 0.410 e. The van der Waals surface area contributed by atoms with Gasteiger partial charge in [-0.15, -0.1) is 0 Å². The van der Waals surface area contributed by atoms with Crippen molar-refractivity contribution in [2.75, 3.05) is 19.7 Å². The summed E-state index contributed by atoms with van der Waals surface area (Å²) >= 11 is 0. The van der Waals surface area contributed by atoms with E-state index in [9.17, 15) is 14.4 Å². The number of carbonyl (C=O) groups is 3. The summed E-state index contributed by atoms with van der Waals surface area (Å²) in [5.41, 5.74) is 0.191. The zero-order chi connectivity index (χ0) is 20.7. The molecule has 0 aliphatic carbocycles. The summed E-state index contributed by atoms with van der Waals surface area (Å²) in [5.74, 6) is -1.15. The lowest BCUT2D eigenvalue weighted by atomic mass is 10.0. The van der Waals surface area contributed by atoms with Crippen LogP contribution in [0.2, 0.25) is 0 Å². The highest BCUT2D eigenvalue weighted by Crippen LogP contribution is 2.21. The molecule has 1 fully saturated rings. The fraction of sp³-hybridized carbons (Fsp3) is 0.550. The number of esters is 1. The van der Waals surface area contributed by atoms with Gasteiger partial charge in [-0.2, -0.15) is 0 Å². The van der Waals surface area contributed by atoms with E-state index in [4.69, 9.17) is 14.2 Å². The van der Waals surface area contributed by atoms with Gasteiger partial charge in [0.2, 0.25) is 0 Å². The molecule has 1 heterocycles. The monoisotopic (exact) mass is 392 g/mol. The van der Waals surface area contributed by atoms with Crippen LogP contribution in [0.1, 0.15) is 33.3 Å². The van der Waals surface area contributed by atoms with Gasteiger partial charge in [0.15, 0.2) is 0 Å². The van der Waals surface area contributed by atoms with Gasteiger partial charge in [0.05, 0.1) is 18.6 Å². The van der Waals surface area contributed by atoms with E-state index in [-0.39, 0.29) is 26.3 Å². The zero-order valence-electron chi connectivity index (χ0n) is 16.8. The first-order valence-electron chi connectivity index (χ1n) is 9.31. The highest BCUT2D eigenvalue weighted by molar-refractivity contribution is 5.78. The second-order valence-corrected chi connectivity index (χ2v) is 7.56. The van der Waals surface area contributed by atoms with E-state index in [0.717, 1.165) is 5.56 Å². The van der Waals surface area contributed by atoms with Crippen molar-refractivity contribution in [3.05, 3.63) is 35.9 Å². The molecule has 8 heteroatoms. The third-order valence-electron chi connectivity index (χ3n) is 4.07. The fourth-order valence-corrected chi connectivity index (χ4v) is 2.86. The lowest BCUT2D eigenvalue weighted by Gasteiger charge is -2.23. The van der Waals surface area contributed by atoms with Gasteiger partial charge in [-0.3, -0.25) is 4.79 Å². The van der Waals surface area contributed by atoms with Crippen LogP contribution in [0.25, 0.3) is 0 Å². The number of nitrogens with zero attached hydrogens (tertiary/aromatic N) is 1. The molecular weight excluding hydrogens is 364 g/mol. The molecule has 28 heavy (non-hydrogen) atoms. The van der Waals surface area contributed by atoms with Gasteiger partial charge in [-0.05, 0) is 33.3 Å². The first kappa shape index (κ1) is 21.5. The molecule has 2 rings (SSSR count). The number of hydrogen-bond acceptors (Lipinski definition) is 6. The number of hydrogen-bond donors (Lipinski definition) is 1. The lowest BCUT2D eigenvalue weighted by Crippen LogP contribution is -2.45. The number of rotatable bonds is 5. The molecule has 154 valence electrons. The van der Waals surface area contributed by atoms with Crippen LogP contribution in [-0.4, -0.2) is 54.4 Å². The number of ether oxygens (including phenoxy) is 3. The minimum atomic E-state index is -0.684. The lowest BCUT2D eigenvalue weighted by molar-refractivity contribution is -0.148. The second-order valence-electron chi connectivity index (χ2n) is 7.56. The summed E-state index contributed by atoms with van der Waals surface area (Å²) in [5, 5.41) is 2.67. The van der Waals surface area contributed by atoms with Gasteiger partial charge in [0.1, 0.15) is 12.2 Å². The van der Waals surface area contributed by atoms with E-state index in [1.54, 1.807) is 27.7 Å². The molecule has 1 saturated heterocycles. The van der Waals surface area contributed by atoms with Crippen molar-refractivity contribution in [1.29, 1.82) is 0 Å². The molecule has 2 amide bonds. The van der Waals surface area contributed by atoms with Crippen LogP contribution < -0.4 is 5.32 Å². The summed E-state index contributed by atoms with van der Waals surface area (Å²) in [4.78, 5) is 38.2. The summed E-state index contributed by atoms with van der Waals surface area (Å²) in [7, 11) is 0. The quantitative estimate of drug-likeness (QED) is 0.612.